The molecule has 0 atom stereocenters. The highest BCUT2D eigenvalue weighted by atomic mass is 16.5. The first-order valence-corrected chi connectivity index (χ1v) is 10.3. The number of amides is 1. The fraction of sp³-hybridized carbons (Fsp3) is 0.364. The van der Waals surface area contributed by atoms with Gasteiger partial charge in [0.05, 0.1) is 19.3 Å². The average Bonchev–Trinajstić information content (AvgIpc) is 3.54. The number of nitrogens with zero attached hydrogens (tertiary/aromatic N) is 4. The Balaban J connectivity index is 1.22. The minimum absolute atomic E-state index is 0.0407. The fourth-order valence-corrected chi connectivity index (χ4v) is 3.53. The SMILES string of the molecule is O=C(CCc1ccc2c(c1)OCCCO2)Nc1cccc(-c2nnnn2C2CC2)c1. The number of benzene rings is 2. The number of aryl methyl sites for hydroxylation is 1. The van der Waals surface area contributed by atoms with Gasteiger partial charge >= 0.3 is 0 Å². The summed E-state index contributed by atoms with van der Waals surface area (Å²) in [5.41, 5.74) is 2.68. The Morgan fingerprint density at radius 1 is 1.10 bits per heavy atom. The van der Waals surface area contributed by atoms with Crippen LogP contribution in [0, 0.1) is 0 Å². The molecule has 30 heavy (non-hydrogen) atoms. The van der Waals surface area contributed by atoms with Gasteiger partial charge in [0.15, 0.2) is 17.3 Å². The van der Waals surface area contributed by atoms with Gasteiger partial charge in [0.1, 0.15) is 0 Å². The van der Waals surface area contributed by atoms with Gasteiger partial charge in [0, 0.05) is 24.1 Å². The van der Waals surface area contributed by atoms with Crippen molar-refractivity contribution >= 4 is 11.6 Å². The highest BCUT2D eigenvalue weighted by Gasteiger charge is 2.28. The Hall–Kier alpha value is -3.42. The number of aromatic nitrogens is 4. The zero-order chi connectivity index (χ0) is 20.3. The summed E-state index contributed by atoms with van der Waals surface area (Å²) < 4.78 is 13.3. The van der Waals surface area contributed by atoms with Crippen molar-refractivity contribution in [3.05, 3.63) is 48.0 Å². The van der Waals surface area contributed by atoms with Crippen molar-refractivity contribution in [3.63, 3.8) is 0 Å². The van der Waals surface area contributed by atoms with E-state index in [4.69, 9.17) is 9.47 Å². The van der Waals surface area contributed by atoms with Gasteiger partial charge in [-0.25, -0.2) is 4.68 Å². The number of ether oxygens (including phenoxy) is 2. The first-order valence-electron chi connectivity index (χ1n) is 10.3. The van der Waals surface area contributed by atoms with Crippen LogP contribution in [0.5, 0.6) is 11.5 Å². The van der Waals surface area contributed by atoms with Crippen LogP contribution in [0.1, 0.15) is 37.3 Å². The number of carbonyl (C=O) groups excluding carboxylic acids is 1. The minimum Gasteiger partial charge on any atom is -0.490 e. The van der Waals surface area contributed by atoms with Crippen LogP contribution in [0.15, 0.2) is 42.5 Å². The molecule has 1 aliphatic heterocycles. The summed E-state index contributed by atoms with van der Waals surface area (Å²) in [6.07, 6.45) is 4.09. The summed E-state index contributed by atoms with van der Waals surface area (Å²) in [5, 5.41) is 15.0. The predicted octanol–water partition coefficient (Wildman–Crippen LogP) is 3.41. The molecule has 2 aromatic carbocycles. The van der Waals surface area contributed by atoms with Gasteiger partial charge < -0.3 is 14.8 Å². The zero-order valence-corrected chi connectivity index (χ0v) is 16.6. The van der Waals surface area contributed by atoms with Crippen molar-refractivity contribution in [3.8, 4) is 22.9 Å². The Kier molecular flexibility index (Phi) is 5.04. The summed E-state index contributed by atoms with van der Waals surface area (Å²) in [6, 6.07) is 13.9. The number of carbonyl (C=O) groups is 1. The number of hydrogen-bond acceptors (Lipinski definition) is 6. The van der Waals surface area contributed by atoms with Crippen molar-refractivity contribution < 1.29 is 14.3 Å². The van der Waals surface area contributed by atoms with Gasteiger partial charge in [-0.05, 0) is 59.5 Å². The topological polar surface area (TPSA) is 91.2 Å². The highest BCUT2D eigenvalue weighted by molar-refractivity contribution is 5.91. The van der Waals surface area contributed by atoms with Crippen molar-refractivity contribution in [2.75, 3.05) is 18.5 Å². The predicted molar refractivity (Wildman–Crippen MR) is 111 cm³/mol. The molecule has 1 saturated carbocycles. The van der Waals surface area contributed by atoms with Crippen LogP contribution in [-0.4, -0.2) is 39.3 Å². The van der Waals surface area contributed by atoms with Crippen LogP contribution in [0.3, 0.4) is 0 Å². The first-order chi connectivity index (χ1) is 14.8. The van der Waals surface area contributed by atoms with E-state index in [2.05, 4.69) is 20.8 Å². The van der Waals surface area contributed by atoms with Crippen molar-refractivity contribution in [2.24, 2.45) is 0 Å². The molecule has 0 bridgehead atoms. The number of anilines is 1. The largest absolute Gasteiger partial charge is 0.490 e. The molecule has 1 aromatic heterocycles. The van der Waals surface area contributed by atoms with E-state index in [9.17, 15) is 4.79 Å². The molecule has 0 saturated heterocycles. The smallest absolute Gasteiger partial charge is 0.224 e. The molecule has 1 fully saturated rings. The summed E-state index contributed by atoms with van der Waals surface area (Å²) in [6.45, 7) is 1.32. The highest BCUT2D eigenvalue weighted by Crippen LogP contribution is 2.37. The van der Waals surface area contributed by atoms with Gasteiger partial charge in [-0.15, -0.1) is 5.10 Å². The maximum Gasteiger partial charge on any atom is 0.224 e. The molecule has 1 N–H and O–H groups in total. The van der Waals surface area contributed by atoms with Crippen LogP contribution in [0.4, 0.5) is 5.69 Å². The lowest BCUT2D eigenvalue weighted by atomic mass is 10.1. The molecule has 0 unspecified atom stereocenters. The van der Waals surface area contributed by atoms with E-state index in [1.54, 1.807) is 0 Å². The molecule has 1 amide bonds. The van der Waals surface area contributed by atoms with E-state index in [0.717, 1.165) is 53.4 Å². The maximum atomic E-state index is 12.5. The number of fused-ring (bicyclic) bond motifs is 1. The molecule has 0 spiro atoms. The quantitative estimate of drug-likeness (QED) is 0.676. The molecular formula is C22H23N5O3. The lowest BCUT2D eigenvalue weighted by molar-refractivity contribution is -0.116. The van der Waals surface area contributed by atoms with Gasteiger partial charge in [-0.3, -0.25) is 4.79 Å². The summed E-state index contributed by atoms with van der Waals surface area (Å²) in [4.78, 5) is 12.5. The zero-order valence-electron chi connectivity index (χ0n) is 16.6. The van der Waals surface area contributed by atoms with Crippen LogP contribution in [-0.2, 0) is 11.2 Å². The van der Waals surface area contributed by atoms with E-state index in [0.29, 0.717) is 32.1 Å². The standard InChI is InChI=1S/C22H23N5O3/c28-21(10-6-15-5-9-19-20(13-15)30-12-2-11-29-19)23-17-4-1-3-16(14-17)22-24-25-26-27(22)18-7-8-18/h1,3-5,9,13-14,18H,2,6-8,10-12H2,(H,23,28). The fourth-order valence-electron chi connectivity index (χ4n) is 3.53. The molecule has 5 rings (SSSR count). The second-order valence-corrected chi connectivity index (χ2v) is 7.64. The van der Waals surface area contributed by atoms with Crippen LogP contribution < -0.4 is 14.8 Å². The molecular weight excluding hydrogens is 382 g/mol. The van der Waals surface area contributed by atoms with Crippen molar-refractivity contribution in [1.29, 1.82) is 0 Å². The van der Waals surface area contributed by atoms with E-state index in [-0.39, 0.29) is 5.91 Å². The maximum absolute atomic E-state index is 12.5. The molecule has 154 valence electrons. The lowest BCUT2D eigenvalue weighted by Gasteiger charge is -2.10. The monoisotopic (exact) mass is 405 g/mol. The summed E-state index contributed by atoms with van der Waals surface area (Å²) >= 11 is 0. The van der Waals surface area contributed by atoms with Crippen molar-refractivity contribution in [1.82, 2.24) is 20.2 Å². The lowest BCUT2D eigenvalue weighted by Crippen LogP contribution is -2.12. The molecule has 0 radical (unpaired) electrons. The second kappa shape index (κ2) is 8.14. The number of hydrogen-bond donors (Lipinski definition) is 1. The van der Waals surface area contributed by atoms with Crippen molar-refractivity contribution in [2.45, 2.75) is 38.1 Å². The third-order valence-corrected chi connectivity index (χ3v) is 5.24. The third kappa shape index (κ3) is 4.12. The summed E-state index contributed by atoms with van der Waals surface area (Å²) in [5.74, 6) is 2.22. The number of nitrogens with one attached hydrogen (secondary N) is 1. The molecule has 1 aliphatic carbocycles. The minimum atomic E-state index is -0.0407. The van der Waals surface area contributed by atoms with Crippen LogP contribution in [0.2, 0.25) is 0 Å². The number of tetrazole rings is 1. The molecule has 8 heteroatoms. The molecule has 8 nitrogen and oxygen atoms in total. The Morgan fingerprint density at radius 3 is 2.83 bits per heavy atom. The number of rotatable bonds is 6. The van der Waals surface area contributed by atoms with E-state index in [1.807, 2.05) is 47.1 Å². The molecule has 2 heterocycles. The van der Waals surface area contributed by atoms with Gasteiger partial charge in [-0.2, -0.15) is 0 Å². The third-order valence-electron chi connectivity index (χ3n) is 5.24. The molecule has 3 aromatic rings. The Bertz CT molecular complexity index is 1060. The Labute approximate surface area is 174 Å². The van der Waals surface area contributed by atoms with Gasteiger partial charge in [0.25, 0.3) is 0 Å². The van der Waals surface area contributed by atoms with Gasteiger partial charge in [0.2, 0.25) is 5.91 Å². The second-order valence-electron chi connectivity index (χ2n) is 7.64. The normalized spacial score (nSPS) is 15.5. The van der Waals surface area contributed by atoms with E-state index in [1.165, 1.54) is 0 Å². The summed E-state index contributed by atoms with van der Waals surface area (Å²) in [7, 11) is 0. The average molecular weight is 405 g/mol. The molecule has 2 aliphatic rings. The first kappa shape index (κ1) is 18.6. The van der Waals surface area contributed by atoms with E-state index < -0.39 is 0 Å². The Morgan fingerprint density at radius 2 is 1.97 bits per heavy atom. The van der Waals surface area contributed by atoms with E-state index >= 15 is 0 Å². The van der Waals surface area contributed by atoms with Crippen LogP contribution >= 0.6 is 0 Å². The van der Waals surface area contributed by atoms with Crippen LogP contribution in [0.25, 0.3) is 11.4 Å². The van der Waals surface area contributed by atoms with Gasteiger partial charge in [-0.1, -0.05) is 18.2 Å².